The number of hydrogen-bond donors (Lipinski definition) is 1. The third-order valence-corrected chi connectivity index (χ3v) is 2.64. The molecule has 0 unspecified atom stereocenters. The van der Waals surface area contributed by atoms with Crippen LogP contribution in [0.2, 0.25) is 5.02 Å². The van der Waals surface area contributed by atoms with E-state index >= 15 is 0 Å². The molecule has 86 valence electrons. The van der Waals surface area contributed by atoms with Crippen LogP contribution in [0.5, 0.6) is 0 Å². The molecule has 0 aromatic heterocycles. The van der Waals surface area contributed by atoms with Crippen molar-refractivity contribution in [2.75, 3.05) is 5.32 Å². The van der Waals surface area contributed by atoms with Crippen LogP contribution in [-0.4, -0.2) is 5.91 Å². The van der Waals surface area contributed by atoms with Gasteiger partial charge in [-0.15, -0.1) is 0 Å². The van der Waals surface area contributed by atoms with Crippen LogP contribution in [0.1, 0.15) is 0 Å². The second-order valence-corrected chi connectivity index (χ2v) is 4.11. The maximum atomic E-state index is 11.9. The summed E-state index contributed by atoms with van der Waals surface area (Å²) in [5.74, 6) is -0.288. The van der Waals surface area contributed by atoms with Gasteiger partial charge in [0.2, 0.25) is 5.91 Å². The van der Waals surface area contributed by atoms with Crippen LogP contribution in [0.4, 0.5) is 5.69 Å². The van der Waals surface area contributed by atoms with Gasteiger partial charge in [0.05, 0.1) is 5.92 Å². The van der Waals surface area contributed by atoms with E-state index in [-0.39, 0.29) is 11.8 Å². The first-order valence-corrected chi connectivity index (χ1v) is 5.71. The first kappa shape index (κ1) is 11.7. The first-order valence-electron chi connectivity index (χ1n) is 5.34. The number of carbonyl (C=O) groups is 1. The maximum absolute atomic E-state index is 11.9. The Balaban J connectivity index is 2.04. The second-order valence-electron chi connectivity index (χ2n) is 3.68. The molecule has 1 amide bonds. The summed E-state index contributed by atoms with van der Waals surface area (Å²) in [4.78, 5) is 11.9. The molecular formula is C14H12ClNO. The van der Waals surface area contributed by atoms with E-state index in [1.54, 1.807) is 24.3 Å². The normalized spacial score (nSPS) is 14.6. The van der Waals surface area contributed by atoms with Gasteiger partial charge in [-0.3, -0.25) is 4.79 Å². The summed E-state index contributed by atoms with van der Waals surface area (Å²) in [7, 11) is 0. The monoisotopic (exact) mass is 245 g/mol. The number of amides is 1. The highest BCUT2D eigenvalue weighted by molar-refractivity contribution is 6.30. The summed E-state index contributed by atoms with van der Waals surface area (Å²) in [6.45, 7) is 0. The van der Waals surface area contributed by atoms with E-state index < -0.39 is 0 Å². The van der Waals surface area contributed by atoms with E-state index in [2.05, 4.69) is 5.32 Å². The number of rotatable bonds is 2. The Bertz CT molecular complexity index is 469. The molecule has 3 heteroatoms. The minimum atomic E-state index is -0.235. The summed E-state index contributed by atoms with van der Waals surface area (Å²) >= 11 is 5.78. The highest BCUT2D eigenvalue weighted by Crippen LogP contribution is 2.15. The number of allylic oxidation sites excluding steroid dienone is 4. The van der Waals surface area contributed by atoms with Crippen molar-refractivity contribution in [3.63, 3.8) is 0 Å². The van der Waals surface area contributed by atoms with Crippen molar-refractivity contribution in [2.45, 2.75) is 0 Å². The number of hydrogen-bond acceptors (Lipinski definition) is 1. The maximum Gasteiger partial charge on any atom is 0.235 e. The van der Waals surface area contributed by atoms with Crippen molar-refractivity contribution in [1.29, 1.82) is 0 Å². The molecule has 0 fully saturated rings. The molecule has 1 N–H and O–H groups in total. The van der Waals surface area contributed by atoms with Gasteiger partial charge in [-0.05, 0) is 24.3 Å². The van der Waals surface area contributed by atoms with E-state index in [9.17, 15) is 4.79 Å². The van der Waals surface area contributed by atoms with Gasteiger partial charge < -0.3 is 5.32 Å². The Hall–Kier alpha value is -1.80. The molecule has 0 spiro atoms. The lowest BCUT2D eigenvalue weighted by atomic mass is 10.1. The number of halogens is 1. The fourth-order valence-corrected chi connectivity index (χ4v) is 1.62. The van der Waals surface area contributed by atoms with Gasteiger partial charge in [0.15, 0.2) is 0 Å². The van der Waals surface area contributed by atoms with Crippen LogP contribution in [-0.2, 0) is 4.79 Å². The van der Waals surface area contributed by atoms with Gasteiger partial charge >= 0.3 is 0 Å². The van der Waals surface area contributed by atoms with Crippen LogP contribution < -0.4 is 5.32 Å². The second kappa shape index (κ2) is 5.51. The average molecular weight is 246 g/mol. The van der Waals surface area contributed by atoms with Crippen LogP contribution in [0, 0.1) is 5.92 Å². The van der Waals surface area contributed by atoms with E-state index in [1.165, 1.54) is 0 Å². The third kappa shape index (κ3) is 3.33. The Kier molecular flexibility index (Phi) is 3.78. The minimum absolute atomic E-state index is 0.0523. The SMILES string of the molecule is O=C(Nc1ccc(Cl)cc1)C1C=CC=CC=C1. The van der Waals surface area contributed by atoms with E-state index in [0.29, 0.717) is 5.02 Å². The molecule has 0 saturated carbocycles. The molecule has 1 aliphatic carbocycles. The highest BCUT2D eigenvalue weighted by Gasteiger charge is 2.12. The van der Waals surface area contributed by atoms with Gasteiger partial charge in [-0.25, -0.2) is 0 Å². The highest BCUT2D eigenvalue weighted by atomic mass is 35.5. The fraction of sp³-hybridized carbons (Fsp3) is 0.0714. The van der Waals surface area contributed by atoms with Crippen LogP contribution in [0.15, 0.2) is 60.7 Å². The third-order valence-electron chi connectivity index (χ3n) is 2.38. The molecular weight excluding hydrogens is 234 g/mol. The van der Waals surface area contributed by atoms with Crippen molar-refractivity contribution in [2.24, 2.45) is 5.92 Å². The largest absolute Gasteiger partial charge is 0.325 e. The van der Waals surface area contributed by atoms with Gasteiger partial charge in [-0.1, -0.05) is 48.1 Å². The fourth-order valence-electron chi connectivity index (χ4n) is 1.49. The molecule has 0 heterocycles. The summed E-state index contributed by atoms with van der Waals surface area (Å²) in [6, 6.07) is 7.06. The van der Waals surface area contributed by atoms with E-state index in [1.807, 2.05) is 36.5 Å². The van der Waals surface area contributed by atoms with Gasteiger partial charge in [0, 0.05) is 10.7 Å². The van der Waals surface area contributed by atoms with Gasteiger partial charge in [0.1, 0.15) is 0 Å². The molecule has 0 bridgehead atoms. The van der Waals surface area contributed by atoms with Gasteiger partial charge in [-0.2, -0.15) is 0 Å². The zero-order chi connectivity index (χ0) is 12.1. The first-order chi connectivity index (χ1) is 8.25. The van der Waals surface area contributed by atoms with Crippen molar-refractivity contribution >= 4 is 23.2 Å². The molecule has 1 aromatic rings. The van der Waals surface area contributed by atoms with Crippen molar-refractivity contribution in [1.82, 2.24) is 0 Å². The topological polar surface area (TPSA) is 29.1 Å². The molecule has 2 rings (SSSR count). The number of carbonyl (C=O) groups excluding carboxylic acids is 1. The Morgan fingerprint density at radius 3 is 2.18 bits per heavy atom. The molecule has 2 nitrogen and oxygen atoms in total. The van der Waals surface area contributed by atoms with Crippen molar-refractivity contribution in [3.8, 4) is 0 Å². The molecule has 0 aliphatic heterocycles. The lowest BCUT2D eigenvalue weighted by Crippen LogP contribution is -2.19. The number of nitrogens with one attached hydrogen (secondary N) is 1. The van der Waals surface area contributed by atoms with Gasteiger partial charge in [0.25, 0.3) is 0 Å². The molecule has 1 aliphatic rings. The van der Waals surface area contributed by atoms with E-state index in [0.717, 1.165) is 5.69 Å². The predicted octanol–water partition coefficient (Wildman–Crippen LogP) is 3.58. The summed E-state index contributed by atoms with van der Waals surface area (Å²) in [5.41, 5.74) is 0.749. The summed E-state index contributed by atoms with van der Waals surface area (Å²) in [6.07, 6.45) is 11.2. The molecule has 1 aromatic carbocycles. The number of benzene rings is 1. The zero-order valence-electron chi connectivity index (χ0n) is 9.14. The Morgan fingerprint density at radius 1 is 1.00 bits per heavy atom. The summed E-state index contributed by atoms with van der Waals surface area (Å²) < 4.78 is 0. The Labute approximate surface area is 105 Å². The summed E-state index contributed by atoms with van der Waals surface area (Å²) in [5, 5.41) is 3.49. The average Bonchev–Trinajstić information content (AvgIpc) is 2.61. The van der Waals surface area contributed by atoms with Crippen LogP contribution >= 0.6 is 11.6 Å². The van der Waals surface area contributed by atoms with Crippen molar-refractivity contribution in [3.05, 3.63) is 65.7 Å². The molecule has 17 heavy (non-hydrogen) atoms. The lowest BCUT2D eigenvalue weighted by Gasteiger charge is -2.09. The zero-order valence-corrected chi connectivity index (χ0v) is 9.89. The van der Waals surface area contributed by atoms with Crippen LogP contribution in [0.25, 0.3) is 0 Å². The minimum Gasteiger partial charge on any atom is -0.325 e. The molecule has 0 saturated heterocycles. The smallest absolute Gasteiger partial charge is 0.235 e. The quantitative estimate of drug-likeness (QED) is 0.848. The Morgan fingerprint density at radius 2 is 1.59 bits per heavy atom. The van der Waals surface area contributed by atoms with Crippen molar-refractivity contribution < 1.29 is 4.79 Å². The predicted molar refractivity (Wildman–Crippen MR) is 71.0 cm³/mol. The number of anilines is 1. The van der Waals surface area contributed by atoms with Crippen LogP contribution in [0.3, 0.4) is 0 Å². The van der Waals surface area contributed by atoms with E-state index in [4.69, 9.17) is 11.6 Å². The molecule has 0 atom stereocenters. The molecule has 0 radical (unpaired) electrons. The standard InChI is InChI=1S/C14H12ClNO/c15-12-7-9-13(10-8-12)16-14(17)11-5-3-1-2-4-6-11/h1-11H,(H,16,17). The lowest BCUT2D eigenvalue weighted by molar-refractivity contribution is -0.117.